The average Bonchev–Trinajstić information content (AvgIpc) is 3.36. The smallest absolute Gasteiger partial charge is 0.277 e. The molecule has 6 nitrogen and oxygen atoms in total. The molecule has 0 aliphatic heterocycles. The number of amides is 1. The Kier molecular flexibility index (Phi) is 5.23. The number of benzene rings is 2. The zero-order valence-electron chi connectivity index (χ0n) is 15.0. The maximum atomic E-state index is 11.2. The van der Waals surface area contributed by atoms with E-state index in [-0.39, 0.29) is 0 Å². The van der Waals surface area contributed by atoms with Gasteiger partial charge in [0.15, 0.2) is 0 Å². The van der Waals surface area contributed by atoms with E-state index in [0.29, 0.717) is 22.4 Å². The van der Waals surface area contributed by atoms with Crippen LogP contribution in [0.3, 0.4) is 0 Å². The van der Waals surface area contributed by atoms with E-state index in [2.05, 4.69) is 15.2 Å². The van der Waals surface area contributed by atoms with E-state index in [1.165, 1.54) is 11.8 Å². The highest BCUT2D eigenvalue weighted by Crippen LogP contribution is 2.29. The number of aromatic nitrogens is 3. The lowest BCUT2D eigenvalue weighted by Crippen LogP contribution is -2.10. The van der Waals surface area contributed by atoms with E-state index >= 15 is 0 Å². The lowest BCUT2D eigenvalue weighted by molar-refractivity contribution is 0.100. The summed E-state index contributed by atoms with van der Waals surface area (Å²) in [4.78, 5) is 15.8. The Morgan fingerprint density at radius 3 is 2.68 bits per heavy atom. The Hall–Kier alpha value is -2.97. The third kappa shape index (κ3) is 3.97. The van der Waals surface area contributed by atoms with Crippen molar-refractivity contribution in [3.8, 4) is 22.0 Å². The van der Waals surface area contributed by atoms with Crippen LogP contribution in [0.25, 0.3) is 22.0 Å². The molecule has 2 heterocycles. The first-order valence-corrected chi connectivity index (χ1v) is 10.3. The molecular formula is C20H16N4O2S2. The van der Waals surface area contributed by atoms with Gasteiger partial charge < -0.3 is 10.2 Å². The van der Waals surface area contributed by atoms with Crippen LogP contribution in [0.1, 0.15) is 21.6 Å². The summed E-state index contributed by atoms with van der Waals surface area (Å²) in [7, 11) is 0. The van der Waals surface area contributed by atoms with Gasteiger partial charge in [0.1, 0.15) is 5.01 Å². The molecule has 28 heavy (non-hydrogen) atoms. The predicted octanol–water partition coefficient (Wildman–Crippen LogP) is 4.56. The van der Waals surface area contributed by atoms with Gasteiger partial charge in [0.2, 0.25) is 11.8 Å². The van der Waals surface area contributed by atoms with Gasteiger partial charge in [0.25, 0.3) is 5.22 Å². The van der Waals surface area contributed by atoms with Crippen molar-refractivity contribution in [1.82, 2.24) is 15.2 Å². The van der Waals surface area contributed by atoms with Crippen LogP contribution in [0.5, 0.6) is 0 Å². The van der Waals surface area contributed by atoms with Gasteiger partial charge in [0.05, 0.1) is 5.69 Å². The molecule has 1 amide bonds. The molecule has 4 aromatic rings. The molecule has 140 valence electrons. The summed E-state index contributed by atoms with van der Waals surface area (Å²) < 4.78 is 5.77. The van der Waals surface area contributed by atoms with Crippen LogP contribution in [0.2, 0.25) is 0 Å². The van der Waals surface area contributed by atoms with Gasteiger partial charge in [-0.1, -0.05) is 42.1 Å². The molecule has 0 unspecified atom stereocenters. The van der Waals surface area contributed by atoms with Crippen LogP contribution in [0.4, 0.5) is 0 Å². The van der Waals surface area contributed by atoms with E-state index in [4.69, 9.17) is 10.2 Å². The van der Waals surface area contributed by atoms with Gasteiger partial charge in [-0.25, -0.2) is 4.98 Å². The van der Waals surface area contributed by atoms with Crippen molar-refractivity contribution in [1.29, 1.82) is 0 Å². The first kappa shape index (κ1) is 18.4. The van der Waals surface area contributed by atoms with Crippen molar-refractivity contribution in [2.24, 2.45) is 5.73 Å². The molecule has 0 spiro atoms. The summed E-state index contributed by atoms with van der Waals surface area (Å²) in [6, 6.07) is 15.0. The predicted molar refractivity (Wildman–Crippen MR) is 110 cm³/mol. The largest absolute Gasteiger partial charge is 0.411 e. The average molecular weight is 409 g/mol. The fourth-order valence-corrected chi connectivity index (χ4v) is 4.20. The molecule has 2 aromatic carbocycles. The van der Waals surface area contributed by atoms with E-state index in [1.54, 1.807) is 23.5 Å². The van der Waals surface area contributed by atoms with Crippen molar-refractivity contribution in [3.63, 3.8) is 0 Å². The number of hydrogen-bond acceptors (Lipinski definition) is 7. The fourth-order valence-electron chi connectivity index (χ4n) is 2.61. The second-order valence-corrected chi connectivity index (χ2v) is 7.85. The Labute approximate surface area is 169 Å². The molecule has 8 heteroatoms. The van der Waals surface area contributed by atoms with Gasteiger partial charge >= 0.3 is 0 Å². The Balaban J connectivity index is 1.42. The maximum Gasteiger partial charge on any atom is 0.277 e. The quantitative estimate of drug-likeness (QED) is 0.470. The number of primary amides is 1. The number of hydrogen-bond donors (Lipinski definition) is 1. The summed E-state index contributed by atoms with van der Waals surface area (Å²) in [6.45, 7) is 2.01. The molecule has 0 saturated heterocycles. The van der Waals surface area contributed by atoms with Crippen molar-refractivity contribution in [2.45, 2.75) is 17.9 Å². The monoisotopic (exact) mass is 408 g/mol. The Morgan fingerprint density at radius 2 is 1.93 bits per heavy atom. The molecule has 0 bridgehead atoms. The molecule has 4 rings (SSSR count). The number of nitrogens with zero attached hydrogens (tertiary/aromatic N) is 3. The zero-order valence-corrected chi connectivity index (χ0v) is 16.6. The van der Waals surface area contributed by atoms with E-state index < -0.39 is 5.91 Å². The highest BCUT2D eigenvalue weighted by molar-refractivity contribution is 7.98. The summed E-state index contributed by atoms with van der Waals surface area (Å²) in [5.41, 5.74) is 9.67. The third-order valence-electron chi connectivity index (χ3n) is 4.09. The highest BCUT2D eigenvalue weighted by atomic mass is 32.2. The van der Waals surface area contributed by atoms with Crippen molar-refractivity contribution in [3.05, 3.63) is 70.7 Å². The standard InChI is InChI=1S/C20H16N4O2S2/c1-12-4-2-3-5-16(12)18-23-24-20(26-18)28-11-15-10-27-19(22-15)14-8-6-13(7-9-14)17(21)25/h2-10H,11H2,1H3,(H2,21,25). The van der Waals surface area contributed by atoms with Crippen LogP contribution in [-0.2, 0) is 5.75 Å². The molecular weight excluding hydrogens is 392 g/mol. The fraction of sp³-hybridized carbons (Fsp3) is 0.100. The van der Waals surface area contributed by atoms with Crippen LogP contribution in [0.15, 0.2) is 63.6 Å². The number of aryl methyl sites for hydroxylation is 1. The molecule has 0 saturated carbocycles. The molecule has 0 fully saturated rings. The van der Waals surface area contributed by atoms with E-state index in [9.17, 15) is 4.79 Å². The first-order chi connectivity index (χ1) is 13.6. The topological polar surface area (TPSA) is 94.9 Å². The van der Waals surface area contributed by atoms with Gasteiger partial charge in [0, 0.05) is 27.8 Å². The molecule has 0 radical (unpaired) electrons. The van der Waals surface area contributed by atoms with Crippen molar-refractivity contribution in [2.75, 3.05) is 0 Å². The van der Waals surface area contributed by atoms with Crippen LogP contribution in [-0.4, -0.2) is 21.1 Å². The number of rotatable bonds is 6. The normalized spacial score (nSPS) is 10.9. The molecule has 0 atom stereocenters. The summed E-state index contributed by atoms with van der Waals surface area (Å²) in [6.07, 6.45) is 0. The molecule has 0 aliphatic rings. The van der Waals surface area contributed by atoms with Crippen LogP contribution in [0, 0.1) is 6.92 Å². The minimum absolute atomic E-state index is 0.438. The molecule has 0 aliphatic carbocycles. The number of thioether (sulfide) groups is 1. The summed E-state index contributed by atoms with van der Waals surface area (Å²) in [5, 5.41) is 11.7. The number of carbonyl (C=O) groups excluding carboxylic acids is 1. The van der Waals surface area contributed by atoms with Crippen LogP contribution < -0.4 is 5.73 Å². The SMILES string of the molecule is Cc1ccccc1-c1nnc(SCc2csc(-c3ccc(C(N)=O)cc3)n2)o1. The lowest BCUT2D eigenvalue weighted by Gasteiger charge is -1.99. The summed E-state index contributed by atoms with van der Waals surface area (Å²) in [5.74, 6) is 0.715. The summed E-state index contributed by atoms with van der Waals surface area (Å²) >= 11 is 3.00. The molecule has 2 N–H and O–H groups in total. The number of nitrogens with two attached hydrogens (primary N) is 1. The Bertz CT molecular complexity index is 1120. The van der Waals surface area contributed by atoms with Gasteiger partial charge in [-0.05, 0) is 30.7 Å². The third-order valence-corrected chi connectivity index (χ3v) is 5.89. The first-order valence-electron chi connectivity index (χ1n) is 8.47. The van der Waals surface area contributed by atoms with Crippen LogP contribution >= 0.6 is 23.1 Å². The lowest BCUT2D eigenvalue weighted by atomic mass is 10.1. The van der Waals surface area contributed by atoms with Gasteiger partial charge in [-0.15, -0.1) is 21.5 Å². The maximum absolute atomic E-state index is 11.2. The van der Waals surface area contributed by atoms with Gasteiger partial charge in [-0.3, -0.25) is 4.79 Å². The van der Waals surface area contributed by atoms with E-state index in [1.807, 2.05) is 48.7 Å². The minimum atomic E-state index is -0.438. The zero-order chi connectivity index (χ0) is 19.5. The Morgan fingerprint density at radius 1 is 1.14 bits per heavy atom. The van der Waals surface area contributed by atoms with Gasteiger partial charge in [-0.2, -0.15) is 0 Å². The molecule has 2 aromatic heterocycles. The van der Waals surface area contributed by atoms with Crippen molar-refractivity contribution >= 4 is 29.0 Å². The van der Waals surface area contributed by atoms with E-state index in [0.717, 1.165) is 27.4 Å². The minimum Gasteiger partial charge on any atom is -0.411 e. The number of carbonyl (C=O) groups is 1. The number of thiazole rings is 1. The highest BCUT2D eigenvalue weighted by Gasteiger charge is 2.12. The second kappa shape index (κ2) is 7.95. The second-order valence-electron chi connectivity index (χ2n) is 6.06. The van der Waals surface area contributed by atoms with Crippen molar-refractivity contribution < 1.29 is 9.21 Å².